The molecule has 0 spiro atoms. The predicted octanol–water partition coefficient (Wildman–Crippen LogP) is 3.02. The number of hydrogen-bond acceptors (Lipinski definition) is 2. The molecular formula is C14H19N3. The fourth-order valence-electron chi connectivity index (χ4n) is 1.88. The molecule has 0 saturated carbocycles. The molecule has 3 nitrogen and oxygen atoms in total. The maximum atomic E-state index is 5.91. The molecule has 17 heavy (non-hydrogen) atoms. The maximum absolute atomic E-state index is 5.91. The second-order valence-corrected chi connectivity index (χ2v) is 4.72. The summed E-state index contributed by atoms with van der Waals surface area (Å²) in [4.78, 5) is 4.16. The molecule has 0 fully saturated rings. The molecule has 0 amide bonds. The number of nitrogens with two attached hydrogens (primary N) is 1. The van der Waals surface area contributed by atoms with Gasteiger partial charge in [0.05, 0.1) is 18.2 Å². The first-order chi connectivity index (χ1) is 8.09. The van der Waals surface area contributed by atoms with E-state index in [1.165, 1.54) is 5.56 Å². The summed E-state index contributed by atoms with van der Waals surface area (Å²) in [7, 11) is 0. The van der Waals surface area contributed by atoms with E-state index in [-0.39, 0.29) is 6.04 Å². The molecule has 0 unspecified atom stereocenters. The summed E-state index contributed by atoms with van der Waals surface area (Å²) in [5.41, 5.74) is 9.40. The van der Waals surface area contributed by atoms with Gasteiger partial charge in [0.1, 0.15) is 0 Å². The van der Waals surface area contributed by atoms with Crippen molar-refractivity contribution in [2.75, 3.05) is 0 Å². The molecular weight excluding hydrogens is 210 g/mol. The van der Waals surface area contributed by atoms with Gasteiger partial charge in [-0.1, -0.05) is 26.0 Å². The molecule has 1 aromatic heterocycles. The van der Waals surface area contributed by atoms with E-state index in [4.69, 9.17) is 5.73 Å². The zero-order valence-corrected chi connectivity index (χ0v) is 10.6. The molecule has 0 aliphatic heterocycles. The Hall–Kier alpha value is -1.61. The van der Waals surface area contributed by atoms with E-state index in [9.17, 15) is 0 Å². The third-order valence-electron chi connectivity index (χ3n) is 2.97. The lowest BCUT2D eigenvalue weighted by Gasteiger charge is -2.12. The number of nitrogens with zero attached hydrogens (tertiary/aromatic N) is 2. The van der Waals surface area contributed by atoms with Gasteiger partial charge in [0.25, 0.3) is 0 Å². The van der Waals surface area contributed by atoms with Gasteiger partial charge < -0.3 is 10.3 Å². The lowest BCUT2D eigenvalue weighted by atomic mass is 10.0. The highest BCUT2D eigenvalue weighted by Gasteiger charge is 2.08. The van der Waals surface area contributed by atoms with Crippen LogP contribution in [0.5, 0.6) is 0 Å². The predicted molar refractivity (Wildman–Crippen MR) is 70.3 cm³/mol. The fourth-order valence-corrected chi connectivity index (χ4v) is 1.88. The number of benzene rings is 1. The zero-order valence-electron chi connectivity index (χ0n) is 10.6. The Kier molecular flexibility index (Phi) is 3.29. The van der Waals surface area contributed by atoms with Crippen molar-refractivity contribution in [1.29, 1.82) is 0 Å². The molecule has 2 rings (SSSR count). The van der Waals surface area contributed by atoms with Crippen molar-refractivity contribution >= 4 is 0 Å². The molecule has 2 N–H and O–H groups in total. The van der Waals surface area contributed by atoms with E-state index in [1.54, 1.807) is 0 Å². The first-order valence-corrected chi connectivity index (χ1v) is 5.97. The quantitative estimate of drug-likeness (QED) is 0.879. The molecule has 0 aliphatic carbocycles. The van der Waals surface area contributed by atoms with Gasteiger partial charge in [0, 0.05) is 11.7 Å². The van der Waals surface area contributed by atoms with Crippen LogP contribution in [0.25, 0.3) is 5.69 Å². The van der Waals surface area contributed by atoms with E-state index in [2.05, 4.69) is 43.1 Å². The Bertz CT molecular complexity index is 480. The molecule has 0 saturated heterocycles. The molecule has 1 atom stereocenters. The third kappa shape index (κ3) is 2.39. The highest BCUT2D eigenvalue weighted by molar-refractivity contribution is 5.37. The van der Waals surface area contributed by atoms with Crippen molar-refractivity contribution in [3.63, 3.8) is 0 Å². The summed E-state index contributed by atoms with van der Waals surface area (Å²) in [6.45, 7) is 6.36. The van der Waals surface area contributed by atoms with Gasteiger partial charge in [-0.2, -0.15) is 0 Å². The summed E-state index contributed by atoms with van der Waals surface area (Å²) >= 11 is 0. The number of hydrogen-bond donors (Lipinski definition) is 1. The molecule has 2 aromatic rings. The fraction of sp³-hybridized carbons (Fsp3) is 0.357. The minimum atomic E-state index is -0.0118. The van der Waals surface area contributed by atoms with E-state index < -0.39 is 0 Å². The van der Waals surface area contributed by atoms with Crippen molar-refractivity contribution < 1.29 is 0 Å². The summed E-state index contributed by atoms with van der Waals surface area (Å²) in [5.74, 6) is 0.555. The molecule has 0 radical (unpaired) electrons. The number of imidazole rings is 1. The van der Waals surface area contributed by atoms with Crippen molar-refractivity contribution in [3.8, 4) is 5.69 Å². The second-order valence-electron chi connectivity index (χ2n) is 4.72. The Morgan fingerprint density at radius 1 is 1.12 bits per heavy atom. The average Bonchev–Trinajstić information content (AvgIpc) is 2.78. The molecule has 1 heterocycles. The first kappa shape index (κ1) is 11.9. The van der Waals surface area contributed by atoms with Crippen LogP contribution in [0.1, 0.15) is 44.0 Å². The van der Waals surface area contributed by atoms with Crippen LogP contribution >= 0.6 is 0 Å². The molecule has 90 valence electrons. The second kappa shape index (κ2) is 4.72. The van der Waals surface area contributed by atoms with E-state index in [0.717, 1.165) is 11.4 Å². The van der Waals surface area contributed by atoms with Gasteiger partial charge in [-0.3, -0.25) is 0 Å². The maximum Gasteiger partial charge on any atom is 0.0994 e. The van der Waals surface area contributed by atoms with Crippen molar-refractivity contribution in [2.45, 2.75) is 32.7 Å². The monoisotopic (exact) mass is 229 g/mol. The summed E-state index contributed by atoms with van der Waals surface area (Å²) < 4.78 is 2.04. The SMILES string of the molecule is CC(C)c1ccc(-n2cncc2[C@H](C)N)cc1. The minimum absolute atomic E-state index is 0.0118. The summed E-state index contributed by atoms with van der Waals surface area (Å²) in [6, 6.07) is 8.53. The van der Waals surface area contributed by atoms with Gasteiger partial charge in [0.2, 0.25) is 0 Å². The largest absolute Gasteiger partial charge is 0.323 e. The Balaban J connectivity index is 2.37. The topological polar surface area (TPSA) is 43.8 Å². The van der Waals surface area contributed by atoms with Crippen LogP contribution in [0.3, 0.4) is 0 Å². The van der Waals surface area contributed by atoms with Crippen LogP contribution in [0.15, 0.2) is 36.8 Å². The van der Waals surface area contributed by atoms with E-state index in [0.29, 0.717) is 5.92 Å². The standard InChI is InChI=1S/C14H19N3/c1-10(2)12-4-6-13(7-5-12)17-9-16-8-14(17)11(3)15/h4-11H,15H2,1-3H3/t11-/m0/s1. The van der Waals surface area contributed by atoms with Crippen LogP contribution < -0.4 is 5.73 Å². The van der Waals surface area contributed by atoms with Crippen LogP contribution in [0.2, 0.25) is 0 Å². The number of aromatic nitrogens is 2. The van der Waals surface area contributed by atoms with Crippen molar-refractivity contribution in [2.24, 2.45) is 5.73 Å². The van der Waals surface area contributed by atoms with Gasteiger partial charge in [-0.05, 0) is 30.5 Å². The highest BCUT2D eigenvalue weighted by atomic mass is 15.1. The Labute approximate surface area is 102 Å². The lowest BCUT2D eigenvalue weighted by molar-refractivity contribution is 0.752. The van der Waals surface area contributed by atoms with Gasteiger partial charge in [0.15, 0.2) is 0 Å². The van der Waals surface area contributed by atoms with Gasteiger partial charge in [-0.15, -0.1) is 0 Å². The van der Waals surface area contributed by atoms with E-state index in [1.807, 2.05) is 24.0 Å². The minimum Gasteiger partial charge on any atom is -0.323 e. The van der Waals surface area contributed by atoms with Crippen molar-refractivity contribution in [1.82, 2.24) is 9.55 Å². The normalized spacial score (nSPS) is 13.0. The van der Waals surface area contributed by atoms with Crippen LogP contribution in [0, 0.1) is 0 Å². The zero-order chi connectivity index (χ0) is 12.4. The van der Waals surface area contributed by atoms with E-state index >= 15 is 0 Å². The number of rotatable bonds is 3. The third-order valence-corrected chi connectivity index (χ3v) is 2.97. The average molecular weight is 229 g/mol. The summed E-state index contributed by atoms with van der Waals surface area (Å²) in [5, 5.41) is 0. The van der Waals surface area contributed by atoms with Crippen LogP contribution in [-0.2, 0) is 0 Å². The Morgan fingerprint density at radius 3 is 2.29 bits per heavy atom. The molecule has 0 aliphatic rings. The molecule has 3 heteroatoms. The summed E-state index contributed by atoms with van der Waals surface area (Å²) in [6.07, 6.45) is 3.63. The van der Waals surface area contributed by atoms with Crippen molar-refractivity contribution in [3.05, 3.63) is 48.0 Å². The van der Waals surface area contributed by atoms with Crippen LogP contribution in [-0.4, -0.2) is 9.55 Å². The highest BCUT2D eigenvalue weighted by Crippen LogP contribution is 2.19. The van der Waals surface area contributed by atoms with Crippen LogP contribution in [0.4, 0.5) is 0 Å². The Morgan fingerprint density at radius 2 is 1.76 bits per heavy atom. The smallest absolute Gasteiger partial charge is 0.0994 e. The van der Waals surface area contributed by atoms with Gasteiger partial charge in [-0.25, -0.2) is 4.98 Å². The first-order valence-electron chi connectivity index (χ1n) is 5.97. The molecule has 0 bridgehead atoms. The van der Waals surface area contributed by atoms with Gasteiger partial charge >= 0.3 is 0 Å². The molecule has 1 aromatic carbocycles. The lowest BCUT2D eigenvalue weighted by Crippen LogP contribution is -2.10.